The molecule has 2 fully saturated rings. The van der Waals surface area contributed by atoms with Gasteiger partial charge in [-0.3, -0.25) is 9.89 Å². The fourth-order valence-electron chi connectivity index (χ4n) is 4.29. The topological polar surface area (TPSA) is 42.9 Å². The van der Waals surface area contributed by atoms with Gasteiger partial charge in [0.2, 0.25) is 0 Å². The number of piperidine rings is 2. The number of nitrogens with zero attached hydrogens (tertiary/aromatic N) is 3. The molecule has 0 unspecified atom stereocenters. The average Bonchev–Trinajstić information content (AvgIpc) is 2.74. The second-order valence-electron chi connectivity index (χ2n) is 8.54. The van der Waals surface area contributed by atoms with Crippen molar-refractivity contribution in [3.63, 3.8) is 0 Å². The average molecular weight is 386 g/mol. The van der Waals surface area contributed by atoms with Crippen LogP contribution < -0.4 is 10.6 Å². The van der Waals surface area contributed by atoms with Crippen molar-refractivity contribution in [3.8, 4) is 0 Å². The first-order valence-corrected chi connectivity index (χ1v) is 11.2. The first kappa shape index (κ1) is 21.1. The van der Waals surface area contributed by atoms with Gasteiger partial charge in [0.1, 0.15) is 0 Å². The third-order valence-corrected chi connectivity index (χ3v) is 6.24. The van der Waals surface area contributed by atoms with E-state index in [0.717, 1.165) is 31.5 Å². The van der Waals surface area contributed by atoms with Crippen molar-refractivity contribution in [2.45, 2.75) is 51.6 Å². The summed E-state index contributed by atoms with van der Waals surface area (Å²) in [7, 11) is 4.08. The van der Waals surface area contributed by atoms with E-state index in [-0.39, 0.29) is 0 Å². The van der Waals surface area contributed by atoms with Crippen molar-refractivity contribution in [1.29, 1.82) is 0 Å². The zero-order chi connectivity index (χ0) is 19.6. The van der Waals surface area contributed by atoms with Crippen LogP contribution in [0.4, 0.5) is 0 Å². The van der Waals surface area contributed by atoms with E-state index in [4.69, 9.17) is 0 Å². The van der Waals surface area contributed by atoms with Crippen LogP contribution in [-0.2, 0) is 13.1 Å². The largest absolute Gasteiger partial charge is 0.356 e. The van der Waals surface area contributed by atoms with Gasteiger partial charge in [-0.1, -0.05) is 30.7 Å². The minimum Gasteiger partial charge on any atom is -0.356 e. The molecule has 0 spiro atoms. The van der Waals surface area contributed by atoms with Crippen LogP contribution in [0.3, 0.4) is 0 Å². The number of hydrogen-bond donors (Lipinski definition) is 2. The van der Waals surface area contributed by atoms with Gasteiger partial charge in [0, 0.05) is 26.7 Å². The van der Waals surface area contributed by atoms with Crippen LogP contribution >= 0.6 is 0 Å². The Bertz CT molecular complexity index is 584. The maximum atomic E-state index is 4.37. The summed E-state index contributed by atoms with van der Waals surface area (Å²) in [4.78, 5) is 9.38. The number of nitrogens with one attached hydrogen (secondary N) is 2. The summed E-state index contributed by atoms with van der Waals surface area (Å²) in [5.41, 5.74) is 2.73. The van der Waals surface area contributed by atoms with Gasteiger partial charge in [-0.15, -0.1) is 0 Å². The number of aliphatic imine (C=N–C) groups is 1. The third-order valence-electron chi connectivity index (χ3n) is 6.24. The van der Waals surface area contributed by atoms with Gasteiger partial charge in [0.05, 0.1) is 0 Å². The Balaban J connectivity index is 1.35. The molecule has 156 valence electrons. The summed E-state index contributed by atoms with van der Waals surface area (Å²) in [5.74, 6) is 1.76. The molecule has 0 bridgehead atoms. The molecule has 2 heterocycles. The van der Waals surface area contributed by atoms with Crippen molar-refractivity contribution in [1.82, 2.24) is 20.4 Å². The fraction of sp³-hybridized carbons (Fsp3) is 0.696. The summed E-state index contributed by atoms with van der Waals surface area (Å²) >= 11 is 0. The molecule has 28 heavy (non-hydrogen) atoms. The minimum atomic E-state index is 0.817. The predicted molar refractivity (Wildman–Crippen MR) is 119 cm³/mol. The van der Waals surface area contributed by atoms with Crippen LogP contribution in [-0.4, -0.2) is 62.6 Å². The molecule has 0 aliphatic carbocycles. The Hall–Kier alpha value is -1.59. The highest BCUT2D eigenvalue weighted by Gasteiger charge is 2.16. The van der Waals surface area contributed by atoms with E-state index in [2.05, 4.69) is 56.7 Å². The first-order valence-electron chi connectivity index (χ1n) is 11.2. The van der Waals surface area contributed by atoms with E-state index in [0.29, 0.717) is 0 Å². The Kier molecular flexibility index (Phi) is 8.62. The Morgan fingerprint density at radius 3 is 2.32 bits per heavy atom. The summed E-state index contributed by atoms with van der Waals surface area (Å²) in [5, 5.41) is 6.93. The predicted octanol–water partition coefficient (Wildman–Crippen LogP) is 3.07. The van der Waals surface area contributed by atoms with Crippen LogP contribution in [0.2, 0.25) is 0 Å². The third kappa shape index (κ3) is 7.10. The zero-order valence-electron chi connectivity index (χ0n) is 17.9. The van der Waals surface area contributed by atoms with E-state index in [1.54, 1.807) is 0 Å². The van der Waals surface area contributed by atoms with E-state index in [9.17, 15) is 0 Å². The molecule has 0 atom stereocenters. The molecule has 0 aromatic heterocycles. The first-order chi connectivity index (χ1) is 13.7. The standard InChI is InChI=1S/C23H39N5/c1-24-23(25-13-10-20-11-16-27(2)17-12-20)26-18-21-6-8-22(9-7-21)19-28-14-4-3-5-15-28/h6-9,20H,3-5,10-19H2,1-2H3,(H2,24,25,26). The number of hydrogen-bond acceptors (Lipinski definition) is 3. The van der Waals surface area contributed by atoms with Crippen molar-refractivity contribution < 1.29 is 0 Å². The fourth-order valence-corrected chi connectivity index (χ4v) is 4.29. The molecule has 0 amide bonds. The molecule has 0 radical (unpaired) electrons. The van der Waals surface area contributed by atoms with Gasteiger partial charge in [-0.05, 0) is 82.4 Å². The van der Waals surface area contributed by atoms with Crippen LogP contribution in [0, 0.1) is 5.92 Å². The molecule has 3 rings (SSSR count). The van der Waals surface area contributed by atoms with E-state index in [1.165, 1.54) is 75.8 Å². The van der Waals surface area contributed by atoms with Gasteiger partial charge in [0.15, 0.2) is 5.96 Å². The monoisotopic (exact) mass is 385 g/mol. The van der Waals surface area contributed by atoms with Gasteiger partial charge < -0.3 is 15.5 Å². The Morgan fingerprint density at radius 1 is 0.964 bits per heavy atom. The van der Waals surface area contributed by atoms with Gasteiger partial charge in [-0.2, -0.15) is 0 Å². The van der Waals surface area contributed by atoms with Crippen LogP contribution in [0.25, 0.3) is 0 Å². The second kappa shape index (κ2) is 11.4. The molecule has 2 aliphatic heterocycles. The van der Waals surface area contributed by atoms with Gasteiger partial charge >= 0.3 is 0 Å². The molecule has 2 aliphatic rings. The highest BCUT2D eigenvalue weighted by Crippen LogP contribution is 2.18. The highest BCUT2D eigenvalue weighted by molar-refractivity contribution is 5.79. The summed E-state index contributed by atoms with van der Waals surface area (Å²) < 4.78 is 0. The maximum Gasteiger partial charge on any atom is 0.191 e. The number of benzene rings is 1. The highest BCUT2D eigenvalue weighted by atomic mass is 15.2. The summed E-state index contributed by atoms with van der Waals surface area (Å²) in [6.07, 6.45) is 7.99. The minimum absolute atomic E-state index is 0.817. The zero-order valence-corrected chi connectivity index (χ0v) is 17.9. The lowest BCUT2D eigenvalue weighted by Gasteiger charge is -2.29. The molecular weight excluding hydrogens is 346 g/mol. The Morgan fingerprint density at radius 2 is 1.64 bits per heavy atom. The molecule has 1 aromatic rings. The molecular formula is C23H39N5. The van der Waals surface area contributed by atoms with Crippen LogP contribution in [0.1, 0.15) is 49.7 Å². The van der Waals surface area contributed by atoms with Crippen LogP contribution in [0.15, 0.2) is 29.3 Å². The van der Waals surface area contributed by atoms with Crippen LogP contribution in [0.5, 0.6) is 0 Å². The summed E-state index contributed by atoms with van der Waals surface area (Å²) in [6.45, 7) is 7.90. The normalized spacial score (nSPS) is 20.3. The van der Waals surface area contributed by atoms with E-state index in [1.807, 2.05) is 7.05 Å². The number of likely N-dealkylation sites (tertiary alicyclic amines) is 2. The number of guanidine groups is 1. The molecule has 5 heteroatoms. The lowest BCUT2D eigenvalue weighted by Crippen LogP contribution is -2.38. The lowest BCUT2D eigenvalue weighted by molar-refractivity contribution is 0.213. The lowest BCUT2D eigenvalue weighted by atomic mass is 9.94. The quantitative estimate of drug-likeness (QED) is 0.559. The van der Waals surface area contributed by atoms with Crippen molar-refractivity contribution in [3.05, 3.63) is 35.4 Å². The summed E-state index contributed by atoms with van der Waals surface area (Å²) in [6, 6.07) is 9.06. The van der Waals surface area contributed by atoms with Crippen molar-refractivity contribution >= 4 is 5.96 Å². The SMILES string of the molecule is CN=C(NCCC1CCN(C)CC1)NCc1ccc(CN2CCCCC2)cc1. The molecule has 2 saturated heterocycles. The maximum absolute atomic E-state index is 4.37. The molecule has 0 saturated carbocycles. The second-order valence-corrected chi connectivity index (χ2v) is 8.54. The molecule has 5 nitrogen and oxygen atoms in total. The van der Waals surface area contributed by atoms with E-state index >= 15 is 0 Å². The smallest absolute Gasteiger partial charge is 0.191 e. The molecule has 2 N–H and O–H groups in total. The number of rotatable bonds is 7. The van der Waals surface area contributed by atoms with E-state index < -0.39 is 0 Å². The molecule has 1 aromatic carbocycles. The Labute approximate surface area is 171 Å². The van der Waals surface area contributed by atoms with Gasteiger partial charge in [-0.25, -0.2) is 0 Å². The van der Waals surface area contributed by atoms with Crippen molar-refractivity contribution in [2.24, 2.45) is 10.9 Å². The van der Waals surface area contributed by atoms with Gasteiger partial charge in [0.25, 0.3) is 0 Å². The van der Waals surface area contributed by atoms with Crippen molar-refractivity contribution in [2.75, 3.05) is 46.8 Å².